The van der Waals surface area contributed by atoms with Crippen molar-refractivity contribution in [2.45, 2.75) is 0 Å². The van der Waals surface area contributed by atoms with Gasteiger partial charge in [-0.25, -0.2) is 9.97 Å². The van der Waals surface area contributed by atoms with Crippen molar-refractivity contribution in [2.75, 3.05) is 5.73 Å². The van der Waals surface area contributed by atoms with Crippen molar-refractivity contribution in [2.24, 2.45) is 0 Å². The predicted octanol–water partition coefficient (Wildman–Crippen LogP) is 10.1. The molecule has 9 heteroatoms. The van der Waals surface area contributed by atoms with Crippen LogP contribution in [0.15, 0.2) is 152 Å². The zero-order chi connectivity index (χ0) is 35.2. The summed E-state index contributed by atoms with van der Waals surface area (Å²) in [5, 5.41) is 13.1. The Bertz CT molecular complexity index is 2760. The van der Waals surface area contributed by atoms with Crippen molar-refractivity contribution in [1.29, 1.82) is 0 Å². The quantitative estimate of drug-likeness (QED) is 0.104. The van der Waals surface area contributed by atoms with E-state index in [4.69, 9.17) is 15.7 Å². The average molecular weight is 738 g/mol. The van der Waals surface area contributed by atoms with Gasteiger partial charge in [0.25, 0.3) is 0 Å². The van der Waals surface area contributed by atoms with Crippen LogP contribution in [0.4, 0.5) is 11.4 Å². The van der Waals surface area contributed by atoms with Crippen LogP contribution < -0.4 is 5.73 Å². The predicted molar refractivity (Wildman–Crippen MR) is 209 cm³/mol. The van der Waals surface area contributed by atoms with E-state index in [2.05, 4.69) is 35.3 Å². The number of nitrogens with zero attached hydrogens (tertiary/aromatic N) is 4. The van der Waals surface area contributed by atoms with Crippen LogP contribution in [0.2, 0.25) is 0 Å². The molecule has 1 radical (unpaired) electrons. The number of nitrogens with two attached hydrogens (primary N) is 1. The Morgan fingerprint density at radius 3 is 1.75 bits per heavy atom. The molecule has 4 aromatic carbocycles. The minimum atomic E-state index is -0.401. The Morgan fingerprint density at radius 1 is 0.623 bits per heavy atom. The third-order valence-electron chi connectivity index (χ3n) is 9.34. The van der Waals surface area contributed by atoms with Gasteiger partial charge in [0, 0.05) is 50.5 Å². The van der Waals surface area contributed by atoms with Crippen LogP contribution in [0.1, 0.15) is 33.9 Å². The molecule has 0 atom stereocenters. The summed E-state index contributed by atoms with van der Waals surface area (Å²) in [6.07, 6.45) is 3.75. The molecule has 0 unspecified atom stereocenters. The van der Waals surface area contributed by atoms with Crippen LogP contribution in [0.5, 0.6) is 0 Å². The van der Waals surface area contributed by atoms with Gasteiger partial charge in [0.2, 0.25) is 0 Å². The van der Waals surface area contributed by atoms with E-state index >= 15 is 0 Å². The van der Waals surface area contributed by atoms with Gasteiger partial charge in [-0.2, -0.15) is 0 Å². The number of para-hydroxylation sites is 1. The smallest absolute Gasteiger partial charge is 0.318 e. The molecule has 2 aliphatic heterocycles. The van der Waals surface area contributed by atoms with E-state index < -0.39 is 4.92 Å². The molecular weight excluding hydrogens is 708 g/mol. The van der Waals surface area contributed by atoms with Gasteiger partial charge in [-0.15, -0.1) is 0 Å². The van der Waals surface area contributed by atoms with E-state index in [1.165, 1.54) is 0 Å². The number of aromatic amines is 1. The first kappa shape index (κ1) is 33.3. The number of anilines is 1. The van der Waals surface area contributed by atoms with Crippen molar-refractivity contribution >= 4 is 56.7 Å². The molecule has 2 aliphatic rings. The third kappa shape index (κ3) is 5.94. The van der Waals surface area contributed by atoms with E-state index in [1.807, 2.05) is 132 Å². The number of nitro groups is 1. The fraction of sp³-hybridized carbons (Fsp3) is 0. The standard InChI is InChI=1S/C44H30N6O2.Cu/c45-41-43(50(51)52)37-27-34-24-22-32(47-34)25-31-21-23-33(46-31)26-36-38(28-13-5-1-6-14-28)39(29-15-7-2-8-16-29)42(48-36)40(30-17-9-3-10-18-30)44(41)49(37)35-19-11-4-12-20-35;/h1-27,46H,45H2;. The normalized spacial score (nSPS) is 12.1. The molecule has 5 heterocycles. The zero-order valence-corrected chi connectivity index (χ0v) is 29.0. The number of hydrogen-bond donors (Lipinski definition) is 2. The van der Waals surface area contributed by atoms with Crippen LogP contribution in [-0.4, -0.2) is 24.4 Å². The number of hydrogen-bond acceptors (Lipinski definition) is 5. The molecule has 0 spiro atoms. The molecule has 259 valence electrons. The van der Waals surface area contributed by atoms with E-state index in [0.717, 1.165) is 44.6 Å². The van der Waals surface area contributed by atoms with E-state index in [1.54, 1.807) is 6.07 Å². The SMILES string of the molecule is Nc1c([N+](=O)[O-])c2cc3nc(cc4ccc(cc5nc(c(-c6ccccc6)c1n2-c1ccccc1)C(c1ccccc1)=C5c1ccccc1)[nH]4)C=C3.[Cu]. The topological polar surface area (TPSA) is 116 Å². The second kappa shape index (κ2) is 13.7. The second-order valence-corrected chi connectivity index (χ2v) is 12.6. The molecule has 0 aliphatic carbocycles. The summed E-state index contributed by atoms with van der Waals surface area (Å²) >= 11 is 0. The van der Waals surface area contributed by atoms with Crippen LogP contribution in [0, 0.1) is 10.1 Å². The van der Waals surface area contributed by atoms with Crippen molar-refractivity contribution < 1.29 is 22.0 Å². The molecule has 8 bridgehead atoms. The Kier molecular flexibility index (Phi) is 8.64. The molecule has 3 aromatic heterocycles. The van der Waals surface area contributed by atoms with Crippen molar-refractivity contribution in [3.63, 3.8) is 0 Å². The summed E-state index contributed by atoms with van der Waals surface area (Å²) in [6.45, 7) is 0. The average Bonchev–Trinajstić information content (AvgIpc) is 3.96. The molecule has 0 amide bonds. The minimum Gasteiger partial charge on any atom is -0.391 e. The Hall–Kier alpha value is -6.80. The maximum atomic E-state index is 13.1. The number of H-pyrrole nitrogens is 1. The summed E-state index contributed by atoms with van der Waals surface area (Å²) in [5.41, 5.74) is 18.0. The first-order valence-corrected chi connectivity index (χ1v) is 16.9. The maximum Gasteiger partial charge on any atom is 0.318 e. The summed E-state index contributed by atoms with van der Waals surface area (Å²) in [4.78, 5) is 26.6. The Morgan fingerprint density at radius 2 is 1.15 bits per heavy atom. The maximum absolute atomic E-state index is 13.1. The van der Waals surface area contributed by atoms with Crippen LogP contribution in [0.3, 0.4) is 0 Å². The molecule has 3 N–H and O–H groups in total. The van der Waals surface area contributed by atoms with E-state index in [-0.39, 0.29) is 28.4 Å². The van der Waals surface area contributed by atoms with E-state index in [0.29, 0.717) is 39.4 Å². The largest absolute Gasteiger partial charge is 0.391 e. The fourth-order valence-electron chi connectivity index (χ4n) is 7.15. The molecule has 0 saturated carbocycles. The molecule has 53 heavy (non-hydrogen) atoms. The molecule has 8 nitrogen and oxygen atoms in total. The number of nitrogens with one attached hydrogen (secondary N) is 1. The summed E-state index contributed by atoms with van der Waals surface area (Å²) in [5.74, 6) is 0. The number of nitrogen functional groups attached to an aromatic ring is 1. The van der Waals surface area contributed by atoms with Crippen molar-refractivity contribution in [3.8, 4) is 16.8 Å². The molecule has 0 fully saturated rings. The summed E-state index contributed by atoms with van der Waals surface area (Å²) < 4.78 is 1.88. The van der Waals surface area contributed by atoms with Gasteiger partial charge in [0.05, 0.1) is 33.2 Å². The van der Waals surface area contributed by atoms with Gasteiger partial charge in [-0.1, -0.05) is 109 Å². The van der Waals surface area contributed by atoms with Gasteiger partial charge in [-0.3, -0.25) is 10.1 Å². The van der Waals surface area contributed by atoms with Gasteiger partial charge >= 0.3 is 5.69 Å². The molecule has 7 aromatic rings. The number of aromatic nitrogens is 4. The van der Waals surface area contributed by atoms with Crippen molar-refractivity contribution in [1.82, 2.24) is 19.5 Å². The Labute approximate surface area is 315 Å². The first-order valence-electron chi connectivity index (χ1n) is 16.9. The minimum absolute atomic E-state index is 0. The van der Waals surface area contributed by atoms with Gasteiger partial charge in [0.15, 0.2) is 0 Å². The van der Waals surface area contributed by atoms with Gasteiger partial charge < -0.3 is 15.3 Å². The number of benzene rings is 4. The number of fused-ring (bicyclic) bond motifs is 8. The summed E-state index contributed by atoms with van der Waals surface area (Å²) in [7, 11) is 0. The molecule has 9 rings (SSSR count). The van der Waals surface area contributed by atoms with Crippen LogP contribution in [-0.2, 0) is 17.1 Å². The van der Waals surface area contributed by atoms with Gasteiger partial charge in [0.1, 0.15) is 11.2 Å². The Balaban J connectivity index is 0.00000400. The molecular formula is C44H30CuN6O2. The zero-order valence-electron chi connectivity index (χ0n) is 28.1. The number of rotatable bonds is 5. The fourth-order valence-corrected chi connectivity index (χ4v) is 7.15. The van der Waals surface area contributed by atoms with Crippen LogP contribution in [0.25, 0.3) is 62.2 Å². The monoisotopic (exact) mass is 737 g/mol. The third-order valence-corrected chi connectivity index (χ3v) is 9.34. The van der Waals surface area contributed by atoms with E-state index in [9.17, 15) is 10.1 Å². The van der Waals surface area contributed by atoms with Gasteiger partial charge in [-0.05, 0) is 71.3 Å². The first-order chi connectivity index (χ1) is 25.5. The molecule has 0 saturated heterocycles. The van der Waals surface area contributed by atoms with Crippen LogP contribution >= 0.6 is 0 Å². The summed E-state index contributed by atoms with van der Waals surface area (Å²) in [6, 6.07) is 49.6. The van der Waals surface area contributed by atoms with Crippen molar-refractivity contribution in [3.05, 3.63) is 196 Å². The second-order valence-electron chi connectivity index (χ2n) is 12.6.